The summed E-state index contributed by atoms with van der Waals surface area (Å²) in [6.07, 6.45) is -2.32. The van der Waals surface area contributed by atoms with E-state index in [-0.39, 0.29) is 47.8 Å². The van der Waals surface area contributed by atoms with Gasteiger partial charge in [-0.3, -0.25) is 9.59 Å². The number of nitrogens with zero attached hydrogens (tertiary/aromatic N) is 2. The highest BCUT2D eigenvalue weighted by atomic mass is 19.4. The molecule has 278 valence electrons. The number of amides is 2. The van der Waals surface area contributed by atoms with Crippen LogP contribution in [0.4, 0.5) is 24.7 Å². The van der Waals surface area contributed by atoms with Gasteiger partial charge < -0.3 is 40.4 Å². The van der Waals surface area contributed by atoms with Crippen LogP contribution in [-0.2, 0) is 9.47 Å². The number of alkyl halides is 3. The van der Waals surface area contributed by atoms with Crippen LogP contribution < -0.4 is 20.7 Å². The first-order valence-electron chi connectivity index (χ1n) is 16.4. The molecule has 0 spiro atoms. The fourth-order valence-corrected chi connectivity index (χ4v) is 4.85. The molecule has 1 aromatic heterocycles. The number of carbonyl (C=O) groups is 2. The van der Waals surface area contributed by atoms with E-state index in [1.165, 1.54) is 48.8 Å². The molecule has 0 unspecified atom stereocenters. The molecular weight excluding hydrogens is 683 g/mol. The predicted molar refractivity (Wildman–Crippen MR) is 188 cm³/mol. The number of anilines is 2. The van der Waals surface area contributed by atoms with Crippen LogP contribution in [0.3, 0.4) is 0 Å². The molecule has 0 aliphatic carbocycles. The van der Waals surface area contributed by atoms with Crippen LogP contribution in [0.1, 0.15) is 61.3 Å². The monoisotopic (exact) mass is 725 g/mol. The number of phenolic OH excluding ortho intramolecular Hbond substituents is 2. The number of hydrogen-bond acceptors (Lipinski definition) is 10. The minimum Gasteiger partial charge on any atom is -0.504 e. The molecule has 1 heterocycles. The first-order valence-corrected chi connectivity index (χ1v) is 16.4. The van der Waals surface area contributed by atoms with Crippen molar-refractivity contribution in [1.82, 2.24) is 20.6 Å². The van der Waals surface area contributed by atoms with Gasteiger partial charge in [-0.05, 0) is 95.1 Å². The number of nitrogens with one attached hydrogen (secondary N) is 3. The third-order valence-electron chi connectivity index (χ3n) is 7.78. The Hall–Kier alpha value is -5.41. The molecule has 4 aromatic rings. The SMILES string of the molecule is CC(C)(CCNC(=O)c1ccc(O)c(O)c1)OCCC(C)(C)OCCNC(=O)c1cccc(-c2cc(Nc3ccc(OC(F)(F)F)cc3)ncn2)c1. The molecule has 4 rings (SSSR count). The molecule has 3 aromatic carbocycles. The zero-order valence-electron chi connectivity index (χ0n) is 29.2. The molecular formula is C37H42F3N5O7. The first kappa shape index (κ1) is 39.4. The fourth-order valence-electron chi connectivity index (χ4n) is 4.85. The van der Waals surface area contributed by atoms with Gasteiger partial charge in [-0.2, -0.15) is 0 Å². The van der Waals surface area contributed by atoms with Crippen molar-refractivity contribution in [2.75, 3.05) is 31.6 Å². The Labute approximate surface area is 299 Å². The van der Waals surface area contributed by atoms with E-state index in [1.54, 1.807) is 30.3 Å². The van der Waals surface area contributed by atoms with Crippen LogP contribution in [0.2, 0.25) is 0 Å². The molecule has 0 fully saturated rings. The minimum atomic E-state index is -4.78. The summed E-state index contributed by atoms with van der Waals surface area (Å²) >= 11 is 0. The second-order valence-electron chi connectivity index (χ2n) is 13.0. The van der Waals surface area contributed by atoms with Gasteiger partial charge in [0.15, 0.2) is 11.5 Å². The van der Waals surface area contributed by atoms with Gasteiger partial charge in [0.2, 0.25) is 0 Å². The summed E-state index contributed by atoms with van der Waals surface area (Å²) in [5.41, 5.74) is 1.26. The van der Waals surface area contributed by atoms with Gasteiger partial charge in [-0.1, -0.05) is 12.1 Å². The molecule has 0 aliphatic heterocycles. The van der Waals surface area contributed by atoms with E-state index >= 15 is 0 Å². The normalized spacial score (nSPS) is 11.9. The van der Waals surface area contributed by atoms with E-state index in [2.05, 4.69) is 30.7 Å². The van der Waals surface area contributed by atoms with Crippen molar-refractivity contribution in [3.05, 3.63) is 90.3 Å². The summed E-state index contributed by atoms with van der Waals surface area (Å²) in [7, 11) is 0. The average Bonchev–Trinajstić information content (AvgIpc) is 3.08. The number of aromatic hydroxyl groups is 2. The Kier molecular flexibility index (Phi) is 13.0. The number of ether oxygens (including phenoxy) is 3. The molecule has 12 nitrogen and oxygen atoms in total. The number of benzene rings is 3. The van der Waals surface area contributed by atoms with Gasteiger partial charge in [0.25, 0.3) is 11.8 Å². The van der Waals surface area contributed by atoms with Gasteiger partial charge >= 0.3 is 6.36 Å². The Morgan fingerprint density at radius 3 is 2.08 bits per heavy atom. The minimum absolute atomic E-state index is 0.236. The van der Waals surface area contributed by atoms with E-state index in [0.29, 0.717) is 54.3 Å². The van der Waals surface area contributed by atoms with E-state index in [1.807, 2.05) is 27.7 Å². The summed E-state index contributed by atoms with van der Waals surface area (Å²) < 4.78 is 53.3. The van der Waals surface area contributed by atoms with Crippen molar-refractivity contribution >= 4 is 23.3 Å². The number of carbonyl (C=O) groups excluding carboxylic acids is 2. The highest BCUT2D eigenvalue weighted by Gasteiger charge is 2.31. The zero-order chi connectivity index (χ0) is 37.9. The van der Waals surface area contributed by atoms with Crippen LogP contribution in [0.5, 0.6) is 17.2 Å². The van der Waals surface area contributed by atoms with Crippen molar-refractivity contribution in [1.29, 1.82) is 0 Å². The van der Waals surface area contributed by atoms with Crippen LogP contribution in [-0.4, -0.2) is 75.9 Å². The molecule has 0 radical (unpaired) electrons. The summed E-state index contributed by atoms with van der Waals surface area (Å²) in [5.74, 6) is -1.27. The van der Waals surface area contributed by atoms with Gasteiger partial charge in [-0.25, -0.2) is 9.97 Å². The second kappa shape index (κ2) is 17.2. The molecule has 52 heavy (non-hydrogen) atoms. The van der Waals surface area contributed by atoms with Crippen molar-refractivity contribution in [2.45, 2.75) is 58.1 Å². The summed E-state index contributed by atoms with van der Waals surface area (Å²) in [4.78, 5) is 33.7. The lowest BCUT2D eigenvalue weighted by molar-refractivity contribution is -0.274. The average molecular weight is 726 g/mol. The lowest BCUT2D eigenvalue weighted by atomic mass is 10.0. The van der Waals surface area contributed by atoms with E-state index in [4.69, 9.17) is 9.47 Å². The highest BCUT2D eigenvalue weighted by molar-refractivity contribution is 5.95. The third kappa shape index (κ3) is 12.7. The van der Waals surface area contributed by atoms with Gasteiger partial charge in [0.05, 0.1) is 30.1 Å². The maximum atomic E-state index is 12.9. The Bertz CT molecular complexity index is 1820. The lowest BCUT2D eigenvalue weighted by Gasteiger charge is -2.30. The molecule has 15 heteroatoms. The maximum absolute atomic E-state index is 12.9. The van der Waals surface area contributed by atoms with Crippen molar-refractivity contribution in [3.63, 3.8) is 0 Å². The van der Waals surface area contributed by atoms with E-state index in [0.717, 1.165) is 0 Å². The summed E-state index contributed by atoms with van der Waals surface area (Å²) in [5, 5.41) is 27.7. The third-order valence-corrected chi connectivity index (χ3v) is 7.78. The molecule has 0 atom stereocenters. The quantitative estimate of drug-likeness (QED) is 0.0583. The molecule has 0 saturated carbocycles. The molecule has 5 N–H and O–H groups in total. The van der Waals surface area contributed by atoms with Crippen LogP contribution in [0, 0.1) is 0 Å². The highest BCUT2D eigenvalue weighted by Crippen LogP contribution is 2.27. The molecule has 0 bridgehead atoms. The Balaban J connectivity index is 1.18. The zero-order valence-corrected chi connectivity index (χ0v) is 29.2. The largest absolute Gasteiger partial charge is 0.573 e. The standard InChI is InChI=1S/C37H42F3N5O7/c1-35(2,14-16-41-34(49)26-8-13-30(46)31(47)21-26)50-18-15-36(3,4)51-19-17-42-33(48)25-7-5-6-24(20-25)29-22-32(44-23-43-29)45-27-9-11-28(12-10-27)52-37(38,39)40/h5-13,20-23,46-47H,14-19H2,1-4H3,(H,41,49)(H,42,48)(H,43,44,45). The number of aromatic nitrogens is 2. The van der Waals surface area contributed by atoms with Crippen LogP contribution in [0.25, 0.3) is 11.3 Å². The topological polar surface area (TPSA) is 164 Å². The smallest absolute Gasteiger partial charge is 0.504 e. The predicted octanol–water partition coefficient (Wildman–Crippen LogP) is 6.73. The van der Waals surface area contributed by atoms with E-state index in [9.17, 15) is 33.0 Å². The second-order valence-corrected chi connectivity index (χ2v) is 13.0. The number of phenols is 2. The van der Waals surface area contributed by atoms with Crippen LogP contribution in [0.15, 0.2) is 79.1 Å². The van der Waals surface area contributed by atoms with Crippen LogP contribution >= 0.6 is 0 Å². The molecule has 0 saturated heterocycles. The maximum Gasteiger partial charge on any atom is 0.573 e. The first-order chi connectivity index (χ1) is 24.5. The van der Waals surface area contributed by atoms with Crippen molar-refractivity contribution in [2.24, 2.45) is 0 Å². The van der Waals surface area contributed by atoms with Gasteiger partial charge in [-0.15, -0.1) is 13.2 Å². The van der Waals surface area contributed by atoms with Gasteiger partial charge in [0, 0.05) is 41.5 Å². The van der Waals surface area contributed by atoms with E-state index < -0.39 is 17.6 Å². The Morgan fingerprint density at radius 2 is 1.38 bits per heavy atom. The number of rotatable bonds is 17. The summed E-state index contributed by atoms with van der Waals surface area (Å²) in [6.45, 7) is 9.01. The number of hydrogen-bond donors (Lipinski definition) is 5. The lowest BCUT2D eigenvalue weighted by Crippen LogP contribution is -2.36. The number of halogens is 3. The summed E-state index contributed by atoms with van der Waals surface area (Å²) in [6, 6.07) is 17.7. The van der Waals surface area contributed by atoms with Crippen molar-refractivity contribution in [3.8, 4) is 28.5 Å². The molecule has 0 aliphatic rings. The fraction of sp³-hybridized carbons (Fsp3) is 0.351. The van der Waals surface area contributed by atoms with Gasteiger partial charge in [0.1, 0.15) is 17.9 Å². The Morgan fingerprint density at radius 1 is 0.731 bits per heavy atom. The van der Waals surface area contributed by atoms with Crippen molar-refractivity contribution < 1.29 is 47.2 Å². The molecule has 2 amide bonds.